The number of furan rings is 1. The zero-order chi connectivity index (χ0) is 15.9. The van der Waals surface area contributed by atoms with E-state index in [1.807, 2.05) is 6.92 Å². The first kappa shape index (κ1) is 14.5. The van der Waals surface area contributed by atoms with Crippen LogP contribution < -0.4 is 4.74 Å². The fourth-order valence-corrected chi connectivity index (χ4v) is 2.91. The number of halogens is 1. The van der Waals surface area contributed by atoms with E-state index < -0.39 is 11.8 Å². The Kier molecular flexibility index (Phi) is 3.58. The van der Waals surface area contributed by atoms with E-state index in [1.54, 1.807) is 5.51 Å². The maximum atomic E-state index is 14.6. The Morgan fingerprint density at radius 2 is 2.23 bits per heavy atom. The minimum Gasteiger partial charge on any atom is -0.485 e. The van der Waals surface area contributed by atoms with E-state index in [9.17, 15) is 14.3 Å². The van der Waals surface area contributed by atoms with Gasteiger partial charge in [-0.1, -0.05) is 0 Å². The number of hydrogen-bond donors (Lipinski definition) is 1. The molecule has 0 amide bonds. The fraction of sp³-hybridized carbons (Fsp3) is 0.200. The van der Waals surface area contributed by atoms with Crippen LogP contribution in [0.1, 0.15) is 26.7 Å². The lowest BCUT2D eigenvalue weighted by molar-refractivity contribution is 0.0696. The van der Waals surface area contributed by atoms with E-state index in [-0.39, 0.29) is 34.6 Å². The maximum Gasteiger partial charge on any atom is 0.340 e. The molecule has 0 saturated heterocycles. The summed E-state index contributed by atoms with van der Waals surface area (Å²) in [5.74, 6) is -1.81. The second kappa shape index (κ2) is 5.42. The summed E-state index contributed by atoms with van der Waals surface area (Å²) in [6.45, 7) is 3.51. The van der Waals surface area contributed by atoms with Crippen molar-refractivity contribution in [3.05, 3.63) is 45.4 Å². The van der Waals surface area contributed by atoms with Crippen molar-refractivity contribution >= 4 is 28.3 Å². The molecule has 0 radical (unpaired) electrons. The Morgan fingerprint density at radius 3 is 2.86 bits per heavy atom. The van der Waals surface area contributed by atoms with Gasteiger partial charge in [-0.3, -0.25) is 0 Å². The average molecular weight is 321 g/mol. The van der Waals surface area contributed by atoms with Gasteiger partial charge in [0.1, 0.15) is 23.5 Å². The number of hydrogen-bond acceptors (Lipinski definition) is 5. The van der Waals surface area contributed by atoms with E-state index in [1.165, 1.54) is 30.4 Å². The second-order valence-corrected chi connectivity index (χ2v) is 5.68. The number of nitrogens with zero attached hydrogens (tertiary/aromatic N) is 1. The van der Waals surface area contributed by atoms with Crippen LogP contribution in [-0.2, 0) is 6.61 Å². The van der Waals surface area contributed by atoms with Crippen LogP contribution in [0.25, 0.3) is 11.0 Å². The van der Waals surface area contributed by atoms with Gasteiger partial charge in [0.05, 0.1) is 21.5 Å². The zero-order valence-electron chi connectivity index (χ0n) is 11.8. The number of aryl methyl sites for hydroxylation is 2. The molecule has 0 unspecified atom stereocenters. The van der Waals surface area contributed by atoms with Gasteiger partial charge in [-0.25, -0.2) is 14.2 Å². The highest BCUT2D eigenvalue weighted by Gasteiger charge is 2.23. The van der Waals surface area contributed by atoms with E-state index in [2.05, 4.69) is 4.98 Å². The smallest absolute Gasteiger partial charge is 0.340 e. The second-order valence-electron chi connectivity index (χ2n) is 4.74. The minimum absolute atomic E-state index is 0.0106. The highest BCUT2D eigenvalue weighted by molar-refractivity contribution is 7.09. The molecule has 0 atom stereocenters. The SMILES string of the molecule is Cc1ncsc1COc1ccc2oc(C)c(C(=O)O)c2c1F. The molecule has 0 spiro atoms. The summed E-state index contributed by atoms with van der Waals surface area (Å²) in [4.78, 5) is 16.3. The molecule has 114 valence electrons. The lowest BCUT2D eigenvalue weighted by Crippen LogP contribution is -2.00. The first-order chi connectivity index (χ1) is 10.5. The van der Waals surface area contributed by atoms with Gasteiger partial charge < -0.3 is 14.3 Å². The zero-order valence-corrected chi connectivity index (χ0v) is 12.7. The van der Waals surface area contributed by atoms with Crippen molar-refractivity contribution in [2.75, 3.05) is 0 Å². The van der Waals surface area contributed by atoms with Crippen molar-refractivity contribution in [2.24, 2.45) is 0 Å². The van der Waals surface area contributed by atoms with E-state index in [0.717, 1.165) is 10.6 Å². The molecule has 2 heterocycles. The quantitative estimate of drug-likeness (QED) is 0.788. The van der Waals surface area contributed by atoms with E-state index >= 15 is 0 Å². The minimum atomic E-state index is -1.23. The third-order valence-electron chi connectivity index (χ3n) is 3.35. The largest absolute Gasteiger partial charge is 0.485 e. The number of carboxylic acids is 1. The molecule has 0 aliphatic rings. The Labute approximate surface area is 129 Å². The van der Waals surface area contributed by atoms with Crippen molar-refractivity contribution in [1.82, 2.24) is 4.98 Å². The summed E-state index contributed by atoms with van der Waals surface area (Å²) in [6.07, 6.45) is 0. The third kappa shape index (κ3) is 2.33. The Bertz CT molecular complexity index is 868. The van der Waals surface area contributed by atoms with Crippen LogP contribution in [-0.4, -0.2) is 16.1 Å². The molecule has 1 N–H and O–H groups in total. The summed E-state index contributed by atoms with van der Waals surface area (Å²) in [5, 5.41) is 9.14. The number of aromatic nitrogens is 1. The highest BCUT2D eigenvalue weighted by Crippen LogP contribution is 2.33. The average Bonchev–Trinajstić information content (AvgIpc) is 3.01. The summed E-state index contributed by atoms with van der Waals surface area (Å²) < 4.78 is 25.3. The van der Waals surface area contributed by atoms with E-state index in [0.29, 0.717) is 0 Å². The molecule has 3 rings (SSSR count). The predicted octanol–water partition coefficient (Wildman–Crippen LogP) is 3.92. The van der Waals surface area contributed by atoms with Gasteiger partial charge in [0.15, 0.2) is 11.6 Å². The number of carboxylic acid groups (broad SMARTS) is 1. The molecular formula is C15H12FNO4S. The summed E-state index contributed by atoms with van der Waals surface area (Å²) in [5.41, 5.74) is 2.53. The van der Waals surface area contributed by atoms with Gasteiger partial charge in [-0.05, 0) is 26.0 Å². The normalized spacial score (nSPS) is 11.0. The van der Waals surface area contributed by atoms with Crippen LogP contribution in [0.3, 0.4) is 0 Å². The monoisotopic (exact) mass is 321 g/mol. The molecule has 7 heteroatoms. The van der Waals surface area contributed by atoms with Gasteiger partial charge in [0, 0.05) is 0 Å². The topological polar surface area (TPSA) is 72.6 Å². The summed E-state index contributed by atoms with van der Waals surface area (Å²) in [7, 11) is 0. The van der Waals surface area contributed by atoms with Gasteiger partial charge >= 0.3 is 5.97 Å². The number of ether oxygens (including phenoxy) is 1. The van der Waals surface area contributed by atoms with Gasteiger partial charge in [-0.2, -0.15) is 0 Å². The summed E-state index contributed by atoms with van der Waals surface area (Å²) >= 11 is 1.42. The van der Waals surface area contributed by atoms with Gasteiger partial charge in [-0.15, -0.1) is 11.3 Å². The van der Waals surface area contributed by atoms with Crippen LogP contribution in [0.5, 0.6) is 5.75 Å². The van der Waals surface area contributed by atoms with Gasteiger partial charge in [0.2, 0.25) is 0 Å². The van der Waals surface area contributed by atoms with E-state index in [4.69, 9.17) is 9.15 Å². The number of benzene rings is 1. The third-order valence-corrected chi connectivity index (χ3v) is 4.26. The first-order valence-electron chi connectivity index (χ1n) is 6.45. The number of thiazole rings is 1. The van der Waals surface area contributed by atoms with Crippen molar-refractivity contribution in [3.8, 4) is 5.75 Å². The maximum absolute atomic E-state index is 14.6. The van der Waals surface area contributed by atoms with Crippen LogP contribution in [0.4, 0.5) is 4.39 Å². The Balaban J connectivity index is 2.01. The lowest BCUT2D eigenvalue weighted by Gasteiger charge is -2.07. The molecule has 0 fully saturated rings. The molecule has 1 aromatic carbocycles. The lowest BCUT2D eigenvalue weighted by atomic mass is 10.1. The summed E-state index contributed by atoms with van der Waals surface area (Å²) in [6, 6.07) is 2.94. The number of fused-ring (bicyclic) bond motifs is 1. The molecule has 0 aliphatic heterocycles. The first-order valence-corrected chi connectivity index (χ1v) is 7.33. The van der Waals surface area contributed by atoms with Gasteiger partial charge in [0.25, 0.3) is 0 Å². The molecule has 3 aromatic rings. The van der Waals surface area contributed by atoms with Crippen molar-refractivity contribution in [1.29, 1.82) is 0 Å². The Hall–Kier alpha value is -2.41. The highest BCUT2D eigenvalue weighted by atomic mass is 32.1. The number of aromatic carboxylic acids is 1. The van der Waals surface area contributed by atoms with Crippen LogP contribution in [0.15, 0.2) is 22.1 Å². The standard InChI is InChI=1S/C15H12FNO4S/c1-7-11(22-6-17-7)5-20-10-4-3-9-13(14(10)16)12(15(18)19)8(2)21-9/h3-4,6H,5H2,1-2H3,(H,18,19). The molecule has 0 aliphatic carbocycles. The van der Waals surface area contributed by atoms with Crippen LogP contribution in [0, 0.1) is 19.7 Å². The molecule has 0 bridgehead atoms. The predicted molar refractivity (Wildman–Crippen MR) is 79.1 cm³/mol. The fourth-order valence-electron chi connectivity index (χ4n) is 2.23. The number of rotatable bonds is 4. The van der Waals surface area contributed by atoms with Crippen LogP contribution >= 0.6 is 11.3 Å². The number of carbonyl (C=O) groups is 1. The molecule has 22 heavy (non-hydrogen) atoms. The van der Waals surface area contributed by atoms with Crippen LogP contribution in [0.2, 0.25) is 0 Å². The van der Waals surface area contributed by atoms with Crippen molar-refractivity contribution < 1.29 is 23.4 Å². The Morgan fingerprint density at radius 1 is 1.45 bits per heavy atom. The molecular weight excluding hydrogens is 309 g/mol. The molecule has 0 saturated carbocycles. The van der Waals surface area contributed by atoms with Crippen molar-refractivity contribution in [2.45, 2.75) is 20.5 Å². The molecule has 2 aromatic heterocycles. The van der Waals surface area contributed by atoms with Crippen molar-refractivity contribution in [3.63, 3.8) is 0 Å². The molecule has 5 nitrogen and oxygen atoms in total.